The Morgan fingerprint density at radius 1 is 0.895 bits per heavy atom. The molecule has 4 N–H and O–H groups in total. The minimum Gasteiger partial charge on any atom is -0.302 e. The minimum absolute atomic E-state index is 0.113. The average Bonchev–Trinajstić information content (AvgIpc) is 3.52. The van der Waals surface area contributed by atoms with Gasteiger partial charge in [-0.2, -0.15) is 0 Å². The zero-order valence-electron chi connectivity index (χ0n) is 20.0. The molecule has 4 amide bonds. The van der Waals surface area contributed by atoms with Crippen LogP contribution in [0.3, 0.4) is 0 Å². The van der Waals surface area contributed by atoms with E-state index in [2.05, 4.69) is 36.8 Å². The number of anilines is 1. The molecule has 2 aromatic carbocycles. The van der Waals surface area contributed by atoms with Gasteiger partial charge in [-0.3, -0.25) is 35.5 Å². The molecule has 0 bridgehead atoms. The molecular weight excluding hydrogens is 528 g/mol. The van der Waals surface area contributed by atoms with Crippen molar-refractivity contribution in [1.82, 2.24) is 30.7 Å². The summed E-state index contributed by atoms with van der Waals surface area (Å²) in [4.78, 5) is 53.0. The zero-order chi connectivity index (χ0) is 26.9. The molecule has 0 atom stereocenters. The van der Waals surface area contributed by atoms with E-state index in [1.165, 1.54) is 22.9 Å². The number of hydrogen-bond acceptors (Lipinski definition) is 9. The molecule has 0 aliphatic heterocycles. The molecule has 12 nitrogen and oxygen atoms in total. The highest BCUT2D eigenvalue weighted by molar-refractivity contribution is 7.99. The molecule has 194 valence electrons. The van der Waals surface area contributed by atoms with Crippen molar-refractivity contribution in [2.45, 2.75) is 18.5 Å². The summed E-state index contributed by atoms with van der Waals surface area (Å²) in [5.41, 5.74) is 8.91. The van der Waals surface area contributed by atoms with Crippen LogP contribution in [0.4, 0.5) is 5.13 Å². The summed E-state index contributed by atoms with van der Waals surface area (Å²) in [6, 6.07) is 17.1. The van der Waals surface area contributed by atoms with Crippen LogP contribution >= 0.6 is 23.1 Å². The van der Waals surface area contributed by atoms with Gasteiger partial charge >= 0.3 is 0 Å². The summed E-state index contributed by atoms with van der Waals surface area (Å²) in [6.45, 7) is 1.39. The van der Waals surface area contributed by atoms with E-state index in [0.29, 0.717) is 27.8 Å². The molecule has 4 aromatic rings. The Kier molecular flexibility index (Phi) is 8.79. The third-order valence-electron chi connectivity index (χ3n) is 4.81. The Morgan fingerprint density at radius 2 is 1.55 bits per heavy atom. The second-order valence-electron chi connectivity index (χ2n) is 7.70. The van der Waals surface area contributed by atoms with Gasteiger partial charge in [-0.05, 0) is 24.3 Å². The van der Waals surface area contributed by atoms with Gasteiger partial charge in [0.1, 0.15) is 0 Å². The lowest BCUT2D eigenvalue weighted by Crippen LogP contribution is -2.42. The number of carbonyl (C=O) groups excluding carboxylic acids is 4. The van der Waals surface area contributed by atoms with Gasteiger partial charge in [0, 0.05) is 23.4 Å². The van der Waals surface area contributed by atoms with Gasteiger partial charge < -0.3 is 5.32 Å². The Balaban J connectivity index is 1.45. The van der Waals surface area contributed by atoms with Crippen LogP contribution in [0.5, 0.6) is 0 Å². The Morgan fingerprint density at radius 3 is 2.21 bits per heavy atom. The lowest BCUT2D eigenvalue weighted by Gasteiger charge is -2.11. The molecule has 0 spiro atoms. The van der Waals surface area contributed by atoms with Gasteiger partial charge in [0.2, 0.25) is 17.0 Å². The van der Waals surface area contributed by atoms with Crippen LogP contribution in [-0.2, 0) is 16.0 Å². The lowest BCUT2D eigenvalue weighted by molar-refractivity contribution is -0.119. The zero-order valence-corrected chi connectivity index (χ0v) is 21.6. The molecule has 2 aromatic heterocycles. The van der Waals surface area contributed by atoms with E-state index in [-0.39, 0.29) is 23.2 Å². The topological polar surface area (TPSA) is 160 Å². The van der Waals surface area contributed by atoms with Crippen LogP contribution in [0.15, 0.2) is 71.2 Å². The summed E-state index contributed by atoms with van der Waals surface area (Å²) >= 11 is 2.28. The van der Waals surface area contributed by atoms with E-state index < -0.39 is 17.7 Å². The maximum atomic E-state index is 12.9. The van der Waals surface area contributed by atoms with Crippen LogP contribution in [0.2, 0.25) is 0 Å². The summed E-state index contributed by atoms with van der Waals surface area (Å²) < 4.78 is 1.40. The molecule has 0 saturated heterocycles. The van der Waals surface area contributed by atoms with E-state index >= 15 is 0 Å². The highest BCUT2D eigenvalue weighted by Crippen LogP contribution is 2.21. The number of aromatic nitrogens is 4. The first kappa shape index (κ1) is 26.5. The molecule has 0 radical (unpaired) electrons. The monoisotopic (exact) mass is 550 g/mol. The van der Waals surface area contributed by atoms with Crippen LogP contribution in [0.1, 0.15) is 39.2 Å². The van der Waals surface area contributed by atoms with E-state index in [9.17, 15) is 19.2 Å². The van der Waals surface area contributed by atoms with Gasteiger partial charge in [0.05, 0.1) is 17.9 Å². The van der Waals surface area contributed by atoms with Gasteiger partial charge in [-0.25, -0.2) is 9.66 Å². The number of amides is 4. The average molecular weight is 551 g/mol. The standard InChI is InChI=1S/C24H22N8O4S2/c1-15(33)25-23-26-18(13-37-23)12-19-27-30-24(32(19)31-22(36)17-10-6-3-7-11-17)38-14-20(34)28-29-21(35)16-8-4-2-5-9-16/h2-11,13H,12,14H2,1H3,(H,28,34)(H,29,35)(H,31,36)(H,25,26,33). The van der Waals surface area contributed by atoms with Crippen LogP contribution < -0.4 is 21.6 Å². The van der Waals surface area contributed by atoms with Crippen molar-refractivity contribution in [2.24, 2.45) is 0 Å². The number of rotatable bonds is 9. The largest absolute Gasteiger partial charge is 0.302 e. The molecule has 0 fully saturated rings. The second-order valence-corrected chi connectivity index (χ2v) is 9.50. The first-order valence-corrected chi connectivity index (χ1v) is 13.1. The van der Waals surface area contributed by atoms with E-state index in [4.69, 9.17) is 0 Å². The fourth-order valence-corrected chi connectivity index (χ4v) is 4.56. The number of benzene rings is 2. The predicted octanol–water partition coefficient (Wildman–Crippen LogP) is 2.22. The number of hydrazine groups is 1. The van der Waals surface area contributed by atoms with Crippen molar-refractivity contribution in [3.63, 3.8) is 0 Å². The van der Waals surface area contributed by atoms with Crippen molar-refractivity contribution in [2.75, 3.05) is 16.5 Å². The number of nitrogens with zero attached hydrogens (tertiary/aromatic N) is 4. The fraction of sp³-hybridized carbons (Fsp3) is 0.125. The third kappa shape index (κ3) is 7.24. The van der Waals surface area contributed by atoms with Crippen LogP contribution in [0, 0.1) is 0 Å². The van der Waals surface area contributed by atoms with Crippen molar-refractivity contribution in [3.8, 4) is 0 Å². The molecule has 0 aliphatic carbocycles. The number of nitrogens with one attached hydrogen (secondary N) is 4. The molecule has 4 rings (SSSR count). The van der Waals surface area contributed by atoms with Crippen LogP contribution in [0.25, 0.3) is 0 Å². The smallest absolute Gasteiger partial charge is 0.270 e. The molecular formula is C24H22N8O4S2. The van der Waals surface area contributed by atoms with E-state index in [1.807, 2.05) is 0 Å². The summed E-state index contributed by atoms with van der Waals surface area (Å²) in [6.07, 6.45) is 0.206. The number of hydrogen-bond donors (Lipinski definition) is 4. The maximum absolute atomic E-state index is 12.9. The molecule has 0 unspecified atom stereocenters. The minimum atomic E-state index is -0.482. The fourth-order valence-electron chi connectivity index (χ4n) is 3.09. The molecule has 2 heterocycles. The molecule has 0 aliphatic rings. The lowest BCUT2D eigenvalue weighted by atomic mass is 10.2. The summed E-state index contributed by atoms with van der Waals surface area (Å²) in [5.74, 6) is -1.31. The second kappa shape index (κ2) is 12.6. The predicted molar refractivity (Wildman–Crippen MR) is 142 cm³/mol. The SMILES string of the molecule is CC(=O)Nc1nc(Cc2nnc(SCC(=O)NNC(=O)c3ccccc3)n2NC(=O)c2ccccc2)cs1. The molecule has 0 saturated carbocycles. The van der Waals surface area contributed by atoms with Gasteiger partial charge in [0.15, 0.2) is 11.0 Å². The van der Waals surface area contributed by atoms with Crippen LogP contribution in [-0.4, -0.2) is 49.2 Å². The molecule has 14 heteroatoms. The van der Waals surface area contributed by atoms with Gasteiger partial charge in [0.25, 0.3) is 11.8 Å². The first-order valence-electron chi connectivity index (χ1n) is 11.2. The highest BCUT2D eigenvalue weighted by atomic mass is 32.2. The maximum Gasteiger partial charge on any atom is 0.270 e. The number of carbonyl (C=O) groups is 4. The highest BCUT2D eigenvalue weighted by Gasteiger charge is 2.19. The van der Waals surface area contributed by atoms with Gasteiger partial charge in [-0.15, -0.1) is 21.5 Å². The van der Waals surface area contributed by atoms with Crippen molar-refractivity contribution >= 4 is 51.9 Å². The number of thioether (sulfide) groups is 1. The van der Waals surface area contributed by atoms with E-state index in [0.717, 1.165) is 11.8 Å². The summed E-state index contributed by atoms with van der Waals surface area (Å²) in [5, 5.41) is 13.4. The first-order chi connectivity index (χ1) is 18.4. The van der Waals surface area contributed by atoms with Crippen molar-refractivity contribution in [1.29, 1.82) is 0 Å². The number of thiazole rings is 1. The quantitative estimate of drug-likeness (QED) is 0.182. The van der Waals surface area contributed by atoms with Crippen molar-refractivity contribution in [3.05, 3.63) is 88.7 Å². The summed E-state index contributed by atoms with van der Waals surface area (Å²) in [7, 11) is 0. The Labute approximate surface area is 225 Å². The third-order valence-corrected chi connectivity index (χ3v) is 6.54. The van der Waals surface area contributed by atoms with E-state index in [1.54, 1.807) is 66.0 Å². The van der Waals surface area contributed by atoms with Crippen molar-refractivity contribution < 1.29 is 19.2 Å². The Hall–Kier alpha value is -4.56. The normalized spacial score (nSPS) is 10.4. The van der Waals surface area contributed by atoms with Gasteiger partial charge in [-0.1, -0.05) is 48.2 Å². The molecule has 38 heavy (non-hydrogen) atoms. The Bertz CT molecular complexity index is 1440.